The van der Waals surface area contributed by atoms with Gasteiger partial charge in [-0.25, -0.2) is 9.78 Å². The van der Waals surface area contributed by atoms with E-state index in [-0.39, 0.29) is 11.5 Å². The van der Waals surface area contributed by atoms with Crippen LogP contribution in [-0.2, 0) is 4.74 Å². The monoisotopic (exact) mass is 291 g/mol. The number of hydrogen-bond acceptors (Lipinski definition) is 5. The summed E-state index contributed by atoms with van der Waals surface area (Å²) in [5.41, 5.74) is 7.13. The number of aromatic nitrogens is 1. The van der Waals surface area contributed by atoms with Gasteiger partial charge in [0.1, 0.15) is 5.82 Å². The van der Waals surface area contributed by atoms with Crippen molar-refractivity contribution in [3.05, 3.63) is 23.4 Å². The van der Waals surface area contributed by atoms with Crippen molar-refractivity contribution in [1.29, 1.82) is 0 Å². The Kier molecular flexibility index (Phi) is 4.83. The van der Waals surface area contributed by atoms with E-state index < -0.39 is 0 Å². The quantitative estimate of drug-likeness (QED) is 0.833. The Morgan fingerprint density at radius 1 is 1.52 bits per heavy atom. The molecule has 0 aromatic carbocycles. The van der Waals surface area contributed by atoms with E-state index in [1.54, 1.807) is 6.07 Å². The highest BCUT2D eigenvalue weighted by molar-refractivity contribution is 5.90. The molecule has 0 aliphatic heterocycles. The van der Waals surface area contributed by atoms with Crippen LogP contribution in [0.5, 0.6) is 0 Å². The van der Waals surface area contributed by atoms with Gasteiger partial charge in [-0.3, -0.25) is 0 Å². The second-order valence-electron chi connectivity index (χ2n) is 5.95. The van der Waals surface area contributed by atoms with Crippen LogP contribution < -0.4 is 11.1 Å². The van der Waals surface area contributed by atoms with Crippen molar-refractivity contribution in [2.75, 3.05) is 19.0 Å². The average molecular weight is 291 g/mol. The number of carbonyl (C=O) groups excluding carboxylic acids is 1. The van der Waals surface area contributed by atoms with E-state index >= 15 is 0 Å². The molecular weight excluding hydrogens is 266 g/mol. The van der Waals surface area contributed by atoms with Gasteiger partial charge < -0.3 is 15.8 Å². The lowest BCUT2D eigenvalue weighted by molar-refractivity contribution is 0.0599. The summed E-state index contributed by atoms with van der Waals surface area (Å²) in [4.78, 5) is 16.1. The summed E-state index contributed by atoms with van der Waals surface area (Å²) in [7, 11) is 1.38. The van der Waals surface area contributed by atoms with Crippen molar-refractivity contribution in [3.8, 4) is 0 Å². The molecule has 1 saturated carbocycles. The average Bonchev–Trinajstić information content (AvgIpc) is 2.49. The number of nitrogens with two attached hydrogens (primary N) is 1. The largest absolute Gasteiger partial charge is 0.465 e. The molecule has 21 heavy (non-hydrogen) atoms. The van der Waals surface area contributed by atoms with Crippen molar-refractivity contribution in [2.24, 2.45) is 11.7 Å². The molecule has 0 spiro atoms. The standard InChI is InChI=1S/C16H25N3O2/c1-11-6-4-5-9-16(11,10-17)19-14-8-7-13(12(2)18-14)15(20)21-3/h7-8,11H,4-6,9-10,17H2,1-3H3,(H,18,19). The molecule has 2 atom stereocenters. The topological polar surface area (TPSA) is 77.2 Å². The summed E-state index contributed by atoms with van der Waals surface area (Å²) in [6.45, 7) is 4.65. The summed E-state index contributed by atoms with van der Waals surface area (Å²) in [5, 5.41) is 3.53. The van der Waals surface area contributed by atoms with Crippen LogP contribution in [0.25, 0.3) is 0 Å². The van der Waals surface area contributed by atoms with Gasteiger partial charge >= 0.3 is 5.97 Å². The first-order chi connectivity index (χ1) is 10.0. The molecule has 116 valence electrons. The molecule has 1 fully saturated rings. The van der Waals surface area contributed by atoms with Crippen LogP contribution in [0.2, 0.25) is 0 Å². The Hall–Kier alpha value is -1.62. The van der Waals surface area contributed by atoms with Crippen molar-refractivity contribution in [3.63, 3.8) is 0 Å². The molecule has 0 amide bonds. The summed E-state index contributed by atoms with van der Waals surface area (Å²) in [6, 6.07) is 3.59. The van der Waals surface area contributed by atoms with Crippen LogP contribution in [0.1, 0.15) is 48.7 Å². The minimum Gasteiger partial charge on any atom is -0.465 e. The number of nitrogens with one attached hydrogen (secondary N) is 1. The van der Waals surface area contributed by atoms with Crippen LogP contribution in [0.3, 0.4) is 0 Å². The van der Waals surface area contributed by atoms with E-state index in [0.717, 1.165) is 12.2 Å². The Morgan fingerprint density at radius 2 is 2.29 bits per heavy atom. The van der Waals surface area contributed by atoms with Gasteiger partial charge in [0.05, 0.1) is 23.9 Å². The van der Waals surface area contributed by atoms with E-state index in [1.807, 2.05) is 13.0 Å². The van der Waals surface area contributed by atoms with Gasteiger partial charge in [-0.2, -0.15) is 0 Å². The number of methoxy groups -OCH3 is 1. The molecule has 1 aromatic heterocycles. The number of esters is 1. The van der Waals surface area contributed by atoms with Gasteiger partial charge in [0.25, 0.3) is 0 Å². The maximum Gasteiger partial charge on any atom is 0.339 e. The van der Waals surface area contributed by atoms with E-state index in [0.29, 0.717) is 23.7 Å². The predicted molar refractivity (Wildman–Crippen MR) is 83.4 cm³/mol. The fraction of sp³-hybridized carbons (Fsp3) is 0.625. The first-order valence-electron chi connectivity index (χ1n) is 7.56. The first kappa shape index (κ1) is 15.8. The third-order valence-electron chi connectivity index (χ3n) is 4.69. The van der Waals surface area contributed by atoms with Gasteiger partial charge in [0.2, 0.25) is 0 Å². The van der Waals surface area contributed by atoms with Crippen LogP contribution >= 0.6 is 0 Å². The van der Waals surface area contributed by atoms with Gasteiger partial charge in [-0.1, -0.05) is 19.8 Å². The van der Waals surface area contributed by atoms with Crippen LogP contribution in [-0.4, -0.2) is 30.1 Å². The van der Waals surface area contributed by atoms with Crippen molar-refractivity contribution in [2.45, 2.75) is 45.1 Å². The molecule has 2 rings (SSSR count). The second kappa shape index (κ2) is 6.43. The molecule has 5 nitrogen and oxygen atoms in total. The Bertz CT molecular complexity index is 518. The zero-order chi connectivity index (χ0) is 15.5. The second-order valence-corrected chi connectivity index (χ2v) is 5.95. The number of hydrogen-bond donors (Lipinski definition) is 2. The molecule has 0 radical (unpaired) electrons. The number of anilines is 1. The molecule has 2 unspecified atom stereocenters. The number of ether oxygens (including phenoxy) is 1. The Balaban J connectivity index is 2.22. The number of pyridine rings is 1. The maximum atomic E-state index is 11.6. The molecular formula is C16H25N3O2. The zero-order valence-corrected chi connectivity index (χ0v) is 13.1. The lowest BCUT2D eigenvalue weighted by Crippen LogP contribution is -2.52. The minimum atomic E-state index is -0.355. The molecule has 3 N–H and O–H groups in total. The molecule has 1 heterocycles. The normalized spacial score (nSPS) is 25.4. The summed E-state index contributed by atoms with van der Waals surface area (Å²) < 4.78 is 4.75. The maximum absolute atomic E-state index is 11.6. The van der Waals surface area contributed by atoms with Crippen molar-refractivity contribution < 1.29 is 9.53 Å². The van der Waals surface area contributed by atoms with E-state index in [4.69, 9.17) is 10.5 Å². The van der Waals surface area contributed by atoms with Crippen LogP contribution in [0.4, 0.5) is 5.82 Å². The number of rotatable bonds is 4. The predicted octanol–water partition coefficient (Wildman–Crippen LogP) is 2.50. The zero-order valence-electron chi connectivity index (χ0n) is 13.1. The molecule has 0 bridgehead atoms. The molecule has 1 aliphatic rings. The first-order valence-corrected chi connectivity index (χ1v) is 7.56. The Labute approximate surface area is 126 Å². The highest BCUT2D eigenvalue weighted by Crippen LogP contribution is 2.35. The minimum absolute atomic E-state index is 0.0928. The molecule has 5 heteroatoms. The summed E-state index contributed by atoms with van der Waals surface area (Å²) in [6.07, 6.45) is 4.69. The van der Waals surface area contributed by atoms with Gasteiger partial charge in [0, 0.05) is 6.54 Å². The fourth-order valence-electron chi connectivity index (χ4n) is 3.17. The smallest absolute Gasteiger partial charge is 0.339 e. The summed E-state index contributed by atoms with van der Waals surface area (Å²) in [5.74, 6) is 0.934. The lowest BCUT2D eigenvalue weighted by atomic mass is 9.73. The van der Waals surface area contributed by atoms with Crippen molar-refractivity contribution >= 4 is 11.8 Å². The van der Waals surface area contributed by atoms with Gasteiger partial charge in [-0.15, -0.1) is 0 Å². The van der Waals surface area contributed by atoms with Gasteiger partial charge in [0.15, 0.2) is 0 Å². The van der Waals surface area contributed by atoms with Crippen LogP contribution in [0, 0.1) is 12.8 Å². The van der Waals surface area contributed by atoms with Crippen molar-refractivity contribution in [1.82, 2.24) is 4.98 Å². The fourth-order valence-corrected chi connectivity index (χ4v) is 3.17. The SMILES string of the molecule is COC(=O)c1ccc(NC2(CN)CCCCC2C)nc1C. The van der Waals surface area contributed by atoms with E-state index in [9.17, 15) is 4.79 Å². The van der Waals surface area contributed by atoms with E-state index in [2.05, 4.69) is 17.2 Å². The number of nitrogens with zero attached hydrogens (tertiary/aromatic N) is 1. The third-order valence-corrected chi connectivity index (χ3v) is 4.69. The molecule has 1 aliphatic carbocycles. The third kappa shape index (κ3) is 3.18. The highest BCUT2D eigenvalue weighted by atomic mass is 16.5. The van der Waals surface area contributed by atoms with Gasteiger partial charge in [-0.05, 0) is 37.8 Å². The molecule has 1 aromatic rings. The Morgan fingerprint density at radius 3 is 2.86 bits per heavy atom. The molecule has 0 saturated heterocycles. The highest BCUT2D eigenvalue weighted by Gasteiger charge is 2.37. The number of carbonyl (C=O) groups is 1. The number of aryl methyl sites for hydroxylation is 1. The van der Waals surface area contributed by atoms with Crippen LogP contribution in [0.15, 0.2) is 12.1 Å². The summed E-state index contributed by atoms with van der Waals surface area (Å²) >= 11 is 0. The lowest BCUT2D eigenvalue weighted by Gasteiger charge is -2.43. The van der Waals surface area contributed by atoms with E-state index in [1.165, 1.54) is 26.4 Å².